The number of hydrogen-bond acceptors (Lipinski definition) is 4. The van der Waals surface area contributed by atoms with Gasteiger partial charge in [0.05, 0.1) is 6.10 Å². The van der Waals surface area contributed by atoms with E-state index in [-0.39, 0.29) is 6.54 Å². The molecule has 0 saturated carbocycles. The Labute approximate surface area is 72.0 Å². The molecule has 1 aromatic rings. The topological polar surface area (TPSA) is 98.3 Å². The van der Waals surface area contributed by atoms with Crippen LogP contribution in [0.4, 0.5) is 0 Å². The number of nitrogens with two attached hydrogens (primary N) is 3. The van der Waals surface area contributed by atoms with Crippen LogP contribution in [-0.4, -0.2) is 11.7 Å². The highest BCUT2D eigenvalue weighted by Crippen LogP contribution is 2.08. The van der Waals surface area contributed by atoms with E-state index in [1.54, 1.807) is 0 Å². The molecule has 0 saturated heterocycles. The van der Waals surface area contributed by atoms with Crippen molar-refractivity contribution in [2.24, 2.45) is 17.4 Å². The lowest BCUT2D eigenvalue weighted by Gasteiger charge is -2.05. The molecule has 0 aliphatic carbocycles. The van der Waals surface area contributed by atoms with Gasteiger partial charge in [-0.15, -0.1) is 0 Å². The minimum Gasteiger partial charge on any atom is -0.387 e. The van der Waals surface area contributed by atoms with Crippen LogP contribution in [0.1, 0.15) is 11.7 Å². The van der Waals surface area contributed by atoms with E-state index in [2.05, 4.69) is 11.7 Å². The van der Waals surface area contributed by atoms with Crippen molar-refractivity contribution in [3.63, 3.8) is 0 Å². The number of aliphatic hydroxyl groups excluding tert-OH is 1. The normalized spacial score (nSPS) is 11.3. The third-order valence-corrected chi connectivity index (χ3v) is 1.41. The molecule has 12 heavy (non-hydrogen) atoms. The first-order chi connectivity index (χ1) is 5.84. The Hall–Kier alpha value is -0.940. The number of hydrogen-bond donors (Lipinski definition) is 4. The van der Waals surface area contributed by atoms with E-state index in [1.807, 2.05) is 30.3 Å². The van der Waals surface area contributed by atoms with Crippen LogP contribution in [0.15, 0.2) is 30.3 Å². The van der Waals surface area contributed by atoms with Crippen molar-refractivity contribution in [1.29, 1.82) is 0 Å². The van der Waals surface area contributed by atoms with Crippen molar-refractivity contribution in [3.8, 4) is 0 Å². The third kappa shape index (κ3) is 3.45. The molecule has 0 heterocycles. The third-order valence-electron chi connectivity index (χ3n) is 1.41. The second-order valence-electron chi connectivity index (χ2n) is 2.16. The summed E-state index contributed by atoms with van der Waals surface area (Å²) in [6.07, 6.45) is -0.513. The monoisotopic (exact) mass is 169 g/mol. The van der Waals surface area contributed by atoms with Crippen LogP contribution in [-0.2, 0) is 0 Å². The number of rotatable bonds is 2. The fraction of sp³-hybridized carbons (Fsp3) is 0.250. The molecule has 0 radical (unpaired) electrons. The van der Waals surface area contributed by atoms with Crippen LogP contribution in [0, 0.1) is 0 Å². The standard InChI is InChI=1S/C8H11NO.H4N2/c9-6-8(10)7-4-2-1-3-5-7;1-2/h1-5,8,10H,6,9H2;1-2H2. The van der Waals surface area contributed by atoms with Crippen LogP contribution in [0.3, 0.4) is 0 Å². The minimum atomic E-state index is -0.513. The Kier molecular flexibility index (Phi) is 6.22. The van der Waals surface area contributed by atoms with Crippen molar-refractivity contribution < 1.29 is 5.11 Å². The van der Waals surface area contributed by atoms with Gasteiger partial charge in [0.25, 0.3) is 0 Å². The molecule has 4 heteroatoms. The van der Waals surface area contributed by atoms with Gasteiger partial charge in [0.1, 0.15) is 0 Å². The van der Waals surface area contributed by atoms with E-state index in [0.717, 1.165) is 5.56 Å². The molecule has 1 atom stereocenters. The average molecular weight is 169 g/mol. The summed E-state index contributed by atoms with van der Waals surface area (Å²) in [6.45, 7) is 0.282. The lowest BCUT2D eigenvalue weighted by molar-refractivity contribution is 0.187. The Bertz CT molecular complexity index is 191. The molecule has 0 fully saturated rings. The first-order valence-electron chi connectivity index (χ1n) is 3.61. The molecule has 1 rings (SSSR count). The predicted molar refractivity (Wildman–Crippen MR) is 48.8 cm³/mol. The van der Waals surface area contributed by atoms with Gasteiger partial charge in [0.15, 0.2) is 0 Å². The minimum absolute atomic E-state index is 0.282. The molecule has 0 aliphatic heterocycles. The predicted octanol–water partition coefficient (Wildman–Crippen LogP) is -0.502. The zero-order chi connectivity index (χ0) is 9.40. The van der Waals surface area contributed by atoms with Crippen molar-refractivity contribution in [2.75, 3.05) is 6.54 Å². The summed E-state index contributed by atoms with van der Waals surface area (Å²) in [5.74, 6) is 8.00. The van der Waals surface area contributed by atoms with Gasteiger partial charge in [-0.2, -0.15) is 0 Å². The quantitative estimate of drug-likeness (QED) is 0.354. The second-order valence-corrected chi connectivity index (χ2v) is 2.16. The Morgan fingerprint density at radius 3 is 2.08 bits per heavy atom. The molecule has 0 aromatic heterocycles. The molecule has 0 amide bonds. The van der Waals surface area contributed by atoms with Crippen LogP contribution in [0.2, 0.25) is 0 Å². The lowest BCUT2D eigenvalue weighted by atomic mass is 10.1. The van der Waals surface area contributed by atoms with Gasteiger partial charge in [-0.3, -0.25) is 11.7 Å². The van der Waals surface area contributed by atoms with Gasteiger partial charge in [-0.05, 0) is 5.56 Å². The average Bonchev–Trinajstić information content (AvgIpc) is 2.21. The Morgan fingerprint density at radius 2 is 1.67 bits per heavy atom. The van der Waals surface area contributed by atoms with Crippen molar-refractivity contribution in [2.45, 2.75) is 6.10 Å². The van der Waals surface area contributed by atoms with Gasteiger partial charge in [-0.1, -0.05) is 30.3 Å². The molecule has 68 valence electrons. The Balaban J connectivity index is 0.000000561. The highest BCUT2D eigenvalue weighted by Gasteiger charge is 2.01. The van der Waals surface area contributed by atoms with Gasteiger partial charge >= 0.3 is 0 Å². The van der Waals surface area contributed by atoms with Crippen LogP contribution in [0.25, 0.3) is 0 Å². The Morgan fingerprint density at radius 1 is 1.17 bits per heavy atom. The molecule has 4 nitrogen and oxygen atoms in total. The molecule has 0 spiro atoms. The van der Waals surface area contributed by atoms with E-state index in [1.165, 1.54) is 0 Å². The summed E-state index contributed by atoms with van der Waals surface area (Å²) in [7, 11) is 0. The summed E-state index contributed by atoms with van der Waals surface area (Å²) < 4.78 is 0. The maximum absolute atomic E-state index is 9.20. The first-order valence-corrected chi connectivity index (χ1v) is 3.61. The maximum atomic E-state index is 9.20. The van der Waals surface area contributed by atoms with Crippen molar-refractivity contribution >= 4 is 0 Å². The van der Waals surface area contributed by atoms with Gasteiger partial charge < -0.3 is 10.8 Å². The lowest BCUT2D eigenvalue weighted by Crippen LogP contribution is -2.10. The van der Waals surface area contributed by atoms with Gasteiger partial charge in [0, 0.05) is 6.54 Å². The number of aliphatic hydroxyl groups is 1. The van der Waals surface area contributed by atoms with Gasteiger partial charge in [0.2, 0.25) is 0 Å². The molecule has 0 bridgehead atoms. The van der Waals surface area contributed by atoms with Crippen LogP contribution < -0.4 is 17.4 Å². The zero-order valence-electron chi connectivity index (χ0n) is 6.85. The summed E-state index contributed by atoms with van der Waals surface area (Å²) >= 11 is 0. The van der Waals surface area contributed by atoms with Gasteiger partial charge in [-0.25, -0.2) is 0 Å². The summed E-state index contributed by atoms with van der Waals surface area (Å²) in [5.41, 5.74) is 6.13. The number of hydrazine groups is 1. The summed E-state index contributed by atoms with van der Waals surface area (Å²) in [6, 6.07) is 9.39. The molecular formula is C8H15N3O. The molecule has 1 unspecified atom stereocenters. The molecule has 1 aromatic carbocycles. The van der Waals surface area contributed by atoms with E-state index < -0.39 is 6.10 Å². The summed E-state index contributed by atoms with van der Waals surface area (Å²) in [5, 5.41) is 9.20. The van der Waals surface area contributed by atoms with Crippen molar-refractivity contribution in [1.82, 2.24) is 0 Å². The molecule has 0 aliphatic rings. The summed E-state index contributed by atoms with van der Waals surface area (Å²) in [4.78, 5) is 0. The molecular weight excluding hydrogens is 154 g/mol. The fourth-order valence-electron chi connectivity index (χ4n) is 0.811. The second kappa shape index (κ2) is 6.75. The van der Waals surface area contributed by atoms with E-state index >= 15 is 0 Å². The smallest absolute Gasteiger partial charge is 0.0912 e. The highest BCUT2D eigenvalue weighted by atomic mass is 16.3. The number of benzene rings is 1. The first kappa shape index (κ1) is 11.1. The maximum Gasteiger partial charge on any atom is 0.0912 e. The van der Waals surface area contributed by atoms with E-state index in [0.29, 0.717) is 0 Å². The van der Waals surface area contributed by atoms with E-state index in [4.69, 9.17) is 5.73 Å². The largest absolute Gasteiger partial charge is 0.387 e. The molecule has 7 N–H and O–H groups in total. The van der Waals surface area contributed by atoms with Crippen molar-refractivity contribution in [3.05, 3.63) is 35.9 Å². The zero-order valence-corrected chi connectivity index (χ0v) is 6.85. The fourth-order valence-corrected chi connectivity index (χ4v) is 0.811. The van der Waals surface area contributed by atoms with E-state index in [9.17, 15) is 5.11 Å². The van der Waals surface area contributed by atoms with Crippen LogP contribution in [0.5, 0.6) is 0 Å². The highest BCUT2D eigenvalue weighted by molar-refractivity contribution is 5.17. The van der Waals surface area contributed by atoms with Crippen LogP contribution >= 0.6 is 0 Å². The SMILES string of the molecule is NCC(O)c1ccccc1.NN.